The molecule has 0 atom stereocenters. The van der Waals surface area contributed by atoms with E-state index in [0.29, 0.717) is 12.2 Å². The SMILES string of the molecule is C=C(C)C(=O)OCC[N+](C)(C)CCCCCCCCCCCCCCCCCCCCCC.[Br-]. The van der Waals surface area contributed by atoms with Crippen LogP contribution in [0.5, 0.6) is 0 Å². The molecule has 0 fully saturated rings. The summed E-state index contributed by atoms with van der Waals surface area (Å²) in [6.07, 6.45) is 28.4. The van der Waals surface area contributed by atoms with Crippen LogP contribution < -0.4 is 17.0 Å². The highest BCUT2D eigenvalue weighted by Crippen LogP contribution is 2.15. The van der Waals surface area contributed by atoms with Crippen LogP contribution in [0.1, 0.15) is 142 Å². The third-order valence-corrected chi connectivity index (χ3v) is 6.90. The van der Waals surface area contributed by atoms with Gasteiger partial charge in [-0.1, -0.05) is 129 Å². The van der Waals surface area contributed by atoms with Crippen molar-refractivity contribution in [2.45, 2.75) is 142 Å². The minimum atomic E-state index is -0.270. The summed E-state index contributed by atoms with van der Waals surface area (Å²) in [5.74, 6) is -0.270. The van der Waals surface area contributed by atoms with E-state index in [-0.39, 0.29) is 23.0 Å². The summed E-state index contributed by atoms with van der Waals surface area (Å²) in [6, 6.07) is 0. The van der Waals surface area contributed by atoms with Gasteiger partial charge in [0, 0.05) is 5.57 Å². The first-order valence-electron chi connectivity index (χ1n) is 14.5. The minimum absolute atomic E-state index is 0. The van der Waals surface area contributed by atoms with Crippen LogP contribution in [-0.4, -0.2) is 44.2 Å². The number of nitrogens with zero attached hydrogens (tertiary/aromatic N) is 1. The Labute approximate surface area is 224 Å². The fourth-order valence-corrected chi connectivity index (χ4v) is 4.42. The zero-order valence-electron chi connectivity index (χ0n) is 23.6. The highest BCUT2D eigenvalue weighted by atomic mass is 79.9. The van der Waals surface area contributed by atoms with E-state index in [1.165, 1.54) is 128 Å². The number of hydrogen-bond acceptors (Lipinski definition) is 2. The monoisotopic (exact) mass is 545 g/mol. The third-order valence-electron chi connectivity index (χ3n) is 6.90. The summed E-state index contributed by atoms with van der Waals surface area (Å²) in [5.41, 5.74) is 0.481. The van der Waals surface area contributed by atoms with Crippen LogP contribution in [0.15, 0.2) is 12.2 Å². The zero-order chi connectivity index (χ0) is 24.6. The van der Waals surface area contributed by atoms with Gasteiger partial charge in [-0.05, 0) is 19.8 Å². The van der Waals surface area contributed by atoms with Gasteiger partial charge >= 0.3 is 5.97 Å². The second-order valence-corrected chi connectivity index (χ2v) is 11.0. The molecule has 0 aromatic rings. The van der Waals surface area contributed by atoms with E-state index in [1.54, 1.807) is 6.92 Å². The Morgan fingerprint density at radius 1 is 0.618 bits per heavy atom. The lowest BCUT2D eigenvalue weighted by Crippen LogP contribution is -3.00. The summed E-state index contributed by atoms with van der Waals surface area (Å²) >= 11 is 0. The lowest BCUT2D eigenvalue weighted by molar-refractivity contribution is -0.890. The zero-order valence-corrected chi connectivity index (χ0v) is 25.2. The van der Waals surface area contributed by atoms with E-state index in [9.17, 15) is 4.79 Å². The van der Waals surface area contributed by atoms with Crippen molar-refractivity contribution in [3.63, 3.8) is 0 Å². The van der Waals surface area contributed by atoms with Gasteiger partial charge in [0.2, 0.25) is 0 Å². The van der Waals surface area contributed by atoms with E-state index >= 15 is 0 Å². The average molecular weight is 547 g/mol. The molecule has 0 unspecified atom stereocenters. The summed E-state index contributed by atoms with van der Waals surface area (Å²) in [6.45, 7) is 10.1. The van der Waals surface area contributed by atoms with Gasteiger partial charge in [-0.2, -0.15) is 0 Å². The van der Waals surface area contributed by atoms with Crippen LogP contribution >= 0.6 is 0 Å². The van der Waals surface area contributed by atoms with Crippen LogP contribution in [0.4, 0.5) is 0 Å². The van der Waals surface area contributed by atoms with Crippen LogP contribution in [-0.2, 0) is 9.53 Å². The molecule has 34 heavy (non-hydrogen) atoms. The molecule has 0 saturated heterocycles. The summed E-state index contributed by atoms with van der Waals surface area (Å²) < 4.78 is 6.15. The van der Waals surface area contributed by atoms with Crippen molar-refractivity contribution in [1.82, 2.24) is 0 Å². The number of carbonyl (C=O) groups excluding carboxylic acids is 1. The highest BCUT2D eigenvalue weighted by Gasteiger charge is 2.15. The molecular weight excluding hydrogens is 486 g/mol. The molecule has 0 aliphatic heterocycles. The molecular formula is C30H60BrNO2. The van der Waals surface area contributed by atoms with Crippen molar-refractivity contribution < 1.29 is 31.0 Å². The summed E-state index contributed by atoms with van der Waals surface area (Å²) in [5, 5.41) is 0. The molecule has 0 aliphatic carbocycles. The van der Waals surface area contributed by atoms with Crippen molar-refractivity contribution >= 4 is 5.97 Å². The van der Waals surface area contributed by atoms with Gasteiger partial charge in [-0.25, -0.2) is 4.79 Å². The summed E-state index contributed by atoms with van der Waals surface area (Å²) in [7, 11) is 4.45. The first kappa shape index (κ1) is 35.8. The number of ether oxygens (including phenoxy) is 1. The van der Waals surface area contributed by atoms with E-state index in [2.05, 4.69) is 27.6 Å². The van der Waals surface area contributed by atoms with Crippen LogP contribution in [0, 0.1) is 0 Å². The molecule has 0 bridgehead atoms. The largest absolute Gasteiger partial charge is 1.00 e. The van der Waals surface area contributed by atoms with Crippen LogP contribution in [0.3, 0.4) is 0 Å². The smallest absolute Gasteiger partial charge is 0.333 e. The van der Waals surface area contributed by atoms with E-state index in [0.717, 1.165) is 17.6 Å². The maximum atomic E-state index is 11.4. The number of hydrogen-bond donors (Lipinski definition) is 0. The van der Waals surface area contributed by atoms with Gasteiger partial charge in [0.15, 0.2) is 0 Å². The first-order chi connectivity index (χ1) is 15.9. The lowest BCUT2D eigenvalue weighted by atomic mass is 10.0. The number of carbonyl (C=O) groups is 1. The normalized spacial score (nSPS) is 11.3. The first-order valence-corrected chi connectivity index (χ1v) is 14.5. The topological polar surface area (TPSA) is 26.3 Å². The van der Waals surface area contributed by atoms with Gasteiger partial charge in [-0.3, -0.25) is 0 Å². The van der Waals surface area contributed by atoms with E-state index in [1.807, 2.05) is 0 Å². The van der Waals surface area contributed by atoms with Crippen LogP contribution in [0.25, 0.3) is 0 Å². The lowest BCUT2D eigenvalue weighted by Gasteiger charge is -2.29. The second-order valence-electron chi connectivity index (χ2n) is 11.0. The molecule has 204 valence electrons. The Bertz CT molecular complexity index is 465. The molecule has 3 nitrogen and oxygen atoms in total. The Balaban J connectivity index is 0. The van der Waals surface area contributed by atoms with Crippen molar-refractivity contribution in [2.75, 3.05) is 33.8 Å². The number of rotatable bonds is 25. The predicted octanol–water partition coefficient (Wildman–Crippen LogP) is 6.01. The molecule has 4 heteroatoms. The van der Waals surface area contributed by atoms with Crippen molar-refractivity contribution in [2.24, 2.45) is 0 Å². The molecule has 0 heterocycles. The van der Waals surface area contributed by atoms with Gasteiger partial charge in [-0.15, -0.1) is 0 Å². The maximum Gasteiger partial charge on any atom is 0.333 e. The van der Waals surface area contributed by atoms with Gasteiger partial charge in [0.25, 0.3) is 0 Å². The standard InChI is InChI=1S/C30H60NO2.BrH/c1-6-7-8-9-10-11-12-13-14-15-16-17-18-19-20-21-22-23-24-25-26-31(4,5)27-28-33-30(32)29(2)3;/h2,6-28H2,1,3-5H3;1H/q+1;/p-1. The maximum absolute atomic E-state index is 11.4. The van der Waals surface area contributed by atoms with E-state index < -0.39 is 0 Å². The molecule has 0 aromatic heterocycles. The third kappa shape index (κ3) is 26.3. The Morgan fingerprint density at radius 3 is 1.26 bits per heavy atom. The van der Waals surface area contributed by atoms with Crippen molar-refractivity contribution in [3.05, 3.63) is 12.2 Å². The number of quaternary nitrogens is 1. The molecule has 0 aliphatic rings. The van der Waals surface area contributed by atoms with E-state index in [4.69, 9.17) is 4.74 Å². The Kier molecular flexibility index (Phi) is 27.1. The molecule has 0 rings (SSSR count). The second kappa shape index (κ2) is 25.7. The molecule has 0 N–H and O–H groups in total. The average Bonchev–Trinajstić information content (AvgIpc) is 2.77. The molecule has 0 spiro atoms. The quantitative estimate of drug-likeness (QED) is 0.0607. The Hall–Kier alpha value is -0.350. The number of likely N-dealkylation sites (N-methyl/N-ethyl adjacent to an activating group) is 1. The van der Waals surface area contributed by atoms with Gasteiger partial charge in [0.1, 0.15) is 13.2 Å². The molecule has 0 saturated carbocycles. The van der Waals surface area contributed by atoms with Crippen molar-refractivity contribution in [1.29, 1.82) is 0 Å². The Morgan fingerprint density at radius 2 is 0.941 bits per heavy atom. The molecule has 0 aromatic carbocycles. The predicted molar refractivity (Wildman–Crippen MR) is 146 cm³/mol. The number of halogens is 1. The minimum Gasteiger partial charge on any atom is -1.00 e. The fourth-order valence-electron chi connectivity index (χ4n) is 4.42. The van der Waals surface area contributed by atoms with Gasteiger partial charge < -0.3 is 26.2 Å². The van der Waals surface area contributed by atoms with Crippen molar-refractivity contribution in [3.8, 4) is 0 Å². The molecule has 0 amide bonds. The summed E-state index contributed by atoms with van der Waals surface area (Å²) in [4.78, 5) is 11.4. The van der Waals surface area contributed by atoms with Gasteiger partial charge in [0.05, 0.1) is 20.6 Å². The molecule has 0 radical (unpaired) electrons. The fraction of sp³-hybridized carbons (Fsp3) is 0.900. The van der Waals surface area contributed by atoms with Crippen LogP contribution in [0.2, 0.25) is 0 Å². The number of unbranched alkanes of at least 4 members (excludes halogenated alkanes) is 19. The number of esters is 1. The highest BCUT2D eigenvalue weighted by molar-refractivity contribution is 5.86.